The van der Waals surface area contributed by atoms with Gasteiger partial charge in [-0.25, -0.2) is 4.98 Å². The van der Waals surface area contributed by atoms with Gasteiger partial charge in [-0.1, -0.05) is 13.0 Å². The number of nitrogens with two attached hydrogens (primary N) is 1. The van der Waals surface area contributed by atoms with Crippen LogP contribution in [0.1, 0.15) is 20.3 Å². The summed E-state index contributed by atoms with van der Waals surface area (Å²) in [5.41, 5.74) is 8.10. The number of imidazole rings is 1. The van der Waals surface area contributed by atoms with Gasteiger partial charge in [-0.05, 0) is 44.5 Å². The van der Waals surface area contributed by atoms with Crippen molar-refractivity contribution in [3.05, 3.63) is 18.2 Å². The van der Waals surface area contributed by atoms with Crippen LogP contribution in [-0.4, -0.2) is 40.7 Å². The number of likely N-dealkylation sites (tertiary alicyclic amines) is 1. The number of nitrogens with zero attached hydrogens (tertiary/aromatic N) is 3. The second kappa shape index (κ2) is 5.93. The first kappa shape index (κ1) is 14.2. The van der Waals surface area contributed by atoms with Crippen LogP contribution in [0.3, 0.4) is 0 Å². The monoisotopic (exact) mass is 288 g/mol. The fourth-order valence-electron chi connectivity index (χ4n) is 3.21. The van der Waals surface area contributed by atoms with Crippen LogP contribution in [0.4, 0.5) is 5.95 Å². The lowest BCUT2D eigenvalue weighted by molar-refractivity contribution is 0.334. The van der Waals surface area contributed by atoms with Gasteiger partial charge in [-0.15, -0.1) is 0 Å². The van der Waals surface area contributed by atoms with Crippen molar-refractivity contribution >= 4 is 17.0 Å². The Morgan fingerprint density at radius 1 is 1.38 bits per heavy atom. The van der Waals surface area contributed by atoms with Crippen LogP contribution < -0.4 is 10.5 Å². The number of anilines is 1. The molecule has 0 aliphatic carbocycles. The maximum atomic E-state index is 6.15. The molecule has 114 valence electrons. The predicted octanol–water partition coefficient (Wildman–Crippen LogP) is 2.36. The molecule has 1 saturated heterocycles. The molecule has 5 nitrogen and oxygen atoms in total. The Labute approximate surface area is 125 Å². The molecule has 2 N–H and O–H groups in total. The second-order valence-electron chi connectivity index (χ2n) is 5.69. The van der Waals surface area contributed by atoms with Crippen molar-refractivity contribution in [2.45, 2.75) is 26.8 Å². The maximum Gasteiger partial charge on any atom is 0.201 e. The summed E-state index contributed by atoms with van der Waals surface area (Å²) in [5, 5.41) is 0. The van der Waals surface area contributed by atoms with Gasteiger partial charge in [0.2, 0.25) is 5.95 Å². The van der Waals surface area contributed by atoms with Crippen molar-refractivity contribution in [3.8, 4) is 5.75 Å². The predicted molar refractivity (Wildman–Crippen MR) is 85.5 cm³/mol. The van der Waals surface area contributed by atoms with Crippen LogP contribution in [0.25, 0.3) is 11.0 Å². The van der Waals surface area contributed by atoms with E-state index in [0.717, 1.165) is 36.4 Å². The second-order valence-corrected chi connectivity index (χ2v) is 5.69. The SMILES string of the molecule is CCOc1cccc2c1nc(N)n2CC1CCN(CC)C1. The highest BCUT2D eigenvalue weighted by Crippen LogP contribution is 2.29. The van der Waals surface area contributed by atoms with Crippen LogP contribution in [0.2, 0.25) is 0 Å². The fraction of sp³-hybridized carbons (Fsp3) is 0.562. The summed E-state index contributed by atoms with van der Waals surface area (Å²) in [6.45, 7) is 9.26. The highest BCUT2D eigenvalue weighted by Gasteiger charge is 2.23. The molecule has 1 fully saturated rings. The zero-order chi connectivity index (χ0) is 14.8. The zero-order valence-electron chi connectivity index (χ0n) is 12.9. The Bertz CT molecular complexity index is 622. The number of fused-ring (bicyclic) bond motifs is 1. The van der Waals surface area contributed by atoms with Gasteiger partial charge in [0, 0.05) is 13.1 Å². The summed E-state index contributed by atoms with van der Waals surface area (Å²) in [4.78, 5) is 7.01. The van der Waals surface area contributed by atoms with Gasteiger partial charge >= 0.3 is 0 Å². The van der Waals surface area contributed by atoms with E-state index in [4.69, 9.17) is 10.5 Å². The van der Waals surface area contributed by atoms with Crippen molar-refractivity contribution in [1.29, 1.82) is 0 Å². The third kappa shape index (κ3) is 2.70. The number of aromatic nitrogens is 2. The normalized spacial score (nSPS) is 19.4. The summed E-state index contributed by atoms with van der Waals surface area (Å²) >= 11 is 0. The van der Waals surface area contributed by atoms with Crippen molar-refractivity contribution in [2.75, 3.05) is 32.0 Å². The number of benzene rings is 1. The van der Waals surface area contributed by atoms with E-state index in [1.807, 2.05) is 19.1 Å². The average molecular weight is 288 g/mol. The largest absolute Gasteiger partial charge is 0.492 e. The molecule has 3 rings (SSSR count). The topological polar surface area (TPSA) is 56.3 Å². The molecule has 0 radical (unpaired) electrons. The molecule has 1 aliphatic rings. The Hall–Kier alpha value is -1.75. The summed E-state index contributed by atoms with van der Waals surface area (Å²) in [6.07, 6.45) is 1.23. The molecule has 0 spiro atoms. The minimum absolute atomic E-state index is 0.590. The Morgan fingerprint density at radius 2 is 2.24 bits per heavy atom. The summed E-state index contributed by atoms with van der Waals surface area (Å²) in [7, 11) is 0. The van der Waals surface area contributed by atoms with E-state index in [0.29, 0.717) is 18.5 Å². The number of rotatable bonds is 5. The number of hydrogen-bond acceptors (Lipinski definition) is 4. The summed E-state index contributed by atoms with van der Waals surface area (Å²) < 4.78 is 7.79. The van der Waals surface area contributed by atoms with E-state index in [2.05, 4.69) is 27.4 Å². The van der Waals surface area contributed by atoms with E-state index in [1.165, 1.54) is 13.0 Å². The first-order valence-electron chi connectivity index (χ1n) is 7.82. The number of nitrogen functional groups attached to an aromatic ring is 1. The van der Waals surface area contributed by atoms with Crippen molar-refractivity contribution in [1.82, 2.24) is 14.5 Å². The Kier molecular flexibility index (Phi) is 4.01. The van der Waals surface area contributed by atoms with Crippen LogP contribution in [0.15, 0.2) is 18.2 Å². The average Bonchev–Trinajstić information content (AvgIpc) is 3.06. The number of para-hydroxylation sites is 1. The molecule has 0 amide bonds. The summed E-state index contributed by atoms with van der Waals surface area (Å²) in [5.74, 6) is 2.06. The van der Waals surface area contributed by atoms with Crippen LogP contribution in [-0.2, 0) is 6.54 Å². The lowest BCUT2D eigenvalue weighted by Gasteiger charge is -2.15. The molecule has 0 saturated carbocycles. The maximum absolute atomic E-state index is 6.15. The first-order chi connectivity index (χ1) is 10.2. The molecule has 1 unspecified atom stereocenters. The highest BCUT2D eigenvalue weighted by atomic mass is 16.5. The molecule has 1 aromatic carbocycles. The molecule has 2 heterocycles. The van der Waals surface area contributed by atoms with Gasteiger partial charge < -0.3 is 19.9 Å². The van der Waals surface area contributed by atoms with Gasteiger partial charge in [0.25, 0.3) is 0 Å². The lowest BCUT2D eigenvalue weighted by Crippen LogP contribution is -2.21. The third-order valence-electron chi connectivity index (χ3n) is 4.33. The van der Waals surface area contributed by atoms with E-state index in [-0.39, 0.29) is 0 Å². The van der Waals surface area contributed by atoms with E-state index >= 15 is 0 Å². The van der Waals surface area contributed by atoms with E-state index < -0.39 is 0 Å². The molecular formula is C16H24N4O. The fourth-order valence-corrected chi connectivity index (χ4v) is 3.21. The van der Waals surface area contributed by atoms with E-state index in [1.54, 1.807) is 0 Å². The molecule has 5 heteroatoms. The van der Waals surface area contributed by atoms with Gasteiger partial charge in [-0.2, -0.15) is 0 Å². The summed E-state index contributed by atoms with van der Waals surface area (Å²) in [6, 6.07) is 6.04. The van der Waals surface area contributed by atoms with Crippen molar-refractivity contribution < 1.29 is 4.74 Å². The zero-order valence-corrected chi connectivity index (χ0v) is 12.9. The highest BCUT2D eigenvalue weighted by molar-refractivity contribution is 5.84. The van der Waals surface area contributed by atoms with Gasteiger partial charge in [0.1, 0.15) is 11.3 Å². The Morgan fingerprint density at radius 3 is 2.95 bits per heavy atom. The standard InChI is InChI=1S/C16H24N4O/c1-3-19-9-8-12(10-19)11-20-13-6-5-7-14(21-4-2)15(13)18-16(20)17/h5-7,12H,3-4,8-11H2,1-2H3,(H2,17,18). The third-order valence-corrected chi connectivity index (χ3v) is 4.33. The molecular weight excluding hydrogens is 264 g/mol. The van der Waals surface area contributed by atoms with Crippen LogP contribution in [0.5, 0.6) is 5.75 Å². The number of ether oxygens (including phenoxy) is 1. The molecule has 21 heavy (non-hydrogen) atoms. The number of hydrogen-bond donors (Lipinski definition) is 1. The molecule has 1 aliphatic heterocycles. The minimum atomic E-state index is 0.590. The quantitative estimate of drug-likeness (QED) is 0.917. The van der Waals surface area contributed by atoms with Crippen LogP contribution >= 0.6 is 0 Å². The lowest BCUT2D eigenvalue weighted by atomic mass is 10.1. The minimum Gasteiger partial charge on any atom is -0.492 e. The van der Waals surface area contributed by atoms with Gasteiger partial charge in [0.15, 0.2) is 0 Å². The smallest absolute Gasteiger partial charge is 0.201 e. The van der Waals surface area contributed by atoms with E-state index in [9.17, 15) is 0 Å². The molecule has 0 bridgehead atoms. The van der Waals surface area contributed by atoms with Crippen molar-refractivity contribution in [3.63, 3.8) is 0 Å². The Balaban J connectivity index is 1.88. The molecule has 2 aromatic rings. The van der Waals surface area contributed by atoms with Crippen molar-refractivity contribution in [2.24, 2.45) is 5.92 Å². The van der Waals surface area contributed by atoms with Crippen LogP contribution in [0, 0.1) is 5.92 Å². The molecule has 1 aromatic heterocycles. The first-order valence-corrected chi connectivity index (χ1v) is 7.82. The van der Waals surface area contributed by atoms with Gasteiger partial charge in [-0.3, -0.25) is 0 Å². The molecule has 1 atom stereocenters. The van der Waals surface area contributed by atoms with Gasteiger partial charge in [0.05, 0.1) is 12.1 Å².